The minimum absolute atomic E-state index is 0.283. The van der Waals surface area contributed by atoms with Crippen molar-refractivity contribution in [3.05, 3.63) is 33.8 Å². The van der Waals surface area contributed by atoms with Gasteiger partial charge in [-0.15, -0.1) is 10.2 Å². The van der Waals surface area contributed by atoms with Gasteiger partial charge >= 0.3 is 0 Å². The molecule has 2 aromatic rings. The number of nitrogens with zero attached hydrogens (tertiary/aromatic N) is 2. The molecular formula is C13H13Cl2N3OS2. The summed E-state index contributed by atoms with van der Waals surface area (Å²) in [6.07, 6.45) is 2.28. The smallest absolute Gasteiger partial charge is 0.257 e. The second-order valence-corrected chi connectivity index (χ2v) is 7.29. The number of halogens is 2. The van der Waals surface area contributed by atoms with E-state index in [-0.39, 0.29) is 5.91 Å². The summed E-state index contributed by atoms with van der Waals surface area (Å²) < 4.78 is 0.855. The molecule has 0 saturated heterocycles. The van der Waals surface area contributed by atoms with E-state index in [1.807, 2.05) is 0 Å². The maximum Gasteiger partial charge on any atom is 0.257 e. The first-order valence-electron chi connectivity index (χ1n) is 6.33. The zero-order chi connectivity index (χ0) is 15.2. The van der Waals surface area contributed by atoms with Gasteiger partial charge in [-0.25, -0.2) is 0 Å². The summed E-state index contributed by atoms with van der Waals surface area (Å²) in [6.45, 7) is 2.14. The molecule has 0 saturated carbocycles. The third kappa shape index (κ3) is 4.85. The van der Waals surface area contributed by atoms with Crippen molar-refractivity contribution in [1.29, 1.82) is 0 Å². The van der Waals surface area contributed by atoms with E-state index in [1.54, 1.807) is 23.9 Å². The van der Waals surface area contributed by atoms with Crippen LogP contribution < -0.4 is 5.32 Å². The second-order valence-electron chi connectivity index (χ2n) is 4.16. The number of amides is 1. The second kappa shape index (κ2) is 7.98. The fourth-order valence-electron chi connectivity index (χ4n) is 1.43. The largest absolute Gasteiger partial charge is 0.296 e. The van der Waals surface area contributed by atoms with Crippen LogP contribution in [0.4, 0.5) is 5.13 Å². The Bertz CT molecular complexity index is 634. The van der Waals surface area contributed by atoms with E-state index < -0.39 is 0 Å². The first-order chi connectivity index (χ1) is 10.1. The molecular weight excluding hydrogens is 349 g/mol. The van der Waals surface area contributed by atoms with Gasteiger partial charge in [0.05, 0.1) is 10.0 Å². The van der Waals surface area contributed by atoms with Gasteiger partial charge < -0.3 is 0 Å². The molecule has 8 heteroatoms. The van der Waals surface area contributed by atoms with Crippen LogP contribution in [0.3, 0.4) is 0 Å². The number of hydrogen-bond donors (Lipinski definition) is 1. The van der Waals surface area contributed by atoms with Gasteiger partial charge in [0.1, 0.15) is 0 Å². The number of unbranched alkanes of at least 4 members (excludes halogenated alkanes) is 1. The van der Waals surface area contributed by atoms with E-state index >= 15 is 0 Å². The molecule has 1 heterocycles. The van der Waals surface area contributed by atoms with E-state index in [1.165, 1.54) is 17.4 Å². The van der Waals surface area contributed by atoms with Crippen LogP contribution in [0.1, 0.15) is 30.1 Å². The monoisotopic (exact) mass is 361 g/mol. The van der Waals surface area contributed by atoms with Gasteiger partial charge in [0.2, 0.25) is 5.13 Å². The maximum atomic E-state index is 12.1. The first kappa shape index (κ1) is 16.5. The normalized spacial score (nSPS) is 10.6. The van der Waals surface area contributed by atoms with Gasteiger partial charge in [-0.05, 0) is 24.6 Å². The fraction of sp³-hybridized carbons (Fsp3) is 0.308. The van der Waals surface area contributed by atoms with Crippen molar-refractivity contribution < 1.29 is 4.79 Å². The van der Waals surface area contributed by atoms with E-state index in [9.17, 15) is 4.79 Å². The van der Waals surface area contributed by atoms with Gasteiger partial charge in [-0.2, -0.15) is 0 Å². The highest BCUT2D eigenvalue weighted by atomic mass is 35.5. The predicted octanol–water partition coefficient (Wildman–Crippen LogP) is 4.99. The number of nitrogens with one attached hydrogen (secondary N) is 1. The number of rotatable bonds is 6. The van der Waals surface area contributed by atoms with Crippen LogP contribution >= 0.6 is 46.3 Å². The Kier molecular flexibility index (Phi) is 6.29. The van der Waals surface area contributed by atoms with Crippen molar-refractivity contribution in [1.82, 2.24) is 10.2 Å². The summed E-state index contributed by atoms with van der Waals surface area (Å²) in [6, 6.07) is 4.73. The third-order valence-electron chi connectivity index (χ3n) is 2.53. The number of hydrogen-bond acceptors (Lipinski definition) is 5. The van der Waals surface area contributed by atoms with Crippen molar-refractivity contribution >= 4 is 57.3 Å². The summed E-state index contributed by atoms with van der Waals surface area (Å²) in [5.74, 6) is 0.723. The molecule has 4 nitrogen and oxygen atoms in total. The van der Waals surface area contributed by atoms with Gasteiger partial charge in [0.25, 0.3) is 5.91 Å². The molecule has 112 valence electrons. The minimum Gasteiger partial charge on any atom is -0.296 e. The van der Waals surface area contributed by atoms with E-state index in [2.05, 4.69) is 22.4 Å². The van der Waals surface area contributed by atoms with Crippen LogP contribution in [-0.4, -0.2) is 21.9 Å². The summed E-state index contributed by atoms with van der Waals surface area (Å²) in [4.78, 5) is 12.1. The molecule has 0 aliphatic carbocycles. The Morgan fingerprint density at radius 2 is 2.14 bits per heavy atom. The quantitative estimate of drug-likeness (QED) is 0.447. The first-order valence-corrected chi connectivity index (χ1v) is 8.88. The van der Waals surface area contributed by atoms with Crippen LogP contribution in [-0.2, 0) is 0 Å². The Morgan fingerprint density at radius 3 is 2.86 bits per heavy atom. The van der Waals surface area contributed by atoms with E-state index in [4.69, 9.17) is 23.2 Å². The molecule has 2 rings (SSSR count). The van der Waals surface area contributed by atoms with Crippen molar-refractivity contribution in [3.63, 3.8) is 0 Å². The van der Waals surface area contributed by atoms with Gasteiger partial charge in [0, 0.05) is 11.3 Å². The van der Waals surface area contributed by atoms with Crippen molar-refractivity contribution in [2.45, 2.75) is 24.1 Å². The summed E-state index contributed by atoms with van der Waals surface area (Å²) in [7, 11) is 0. The summed E-state index contributed by atoms with van der Waals surface area (Å²) in [5, 5.41) is 11.9. The molecule has 0 spiro atoms. The fourth-order valence-corrected chi connectivity index (χ4v) is 3.63. The Morgan fingerprint density at radius 1 is 1.33 bits per heavy atom. The molecule has 1 aromatic carbocycles. The highest BCUT2D eigenvalue weighted by Crippen LogP contribution is 2.27. The molecule has 1 aromatic heterocycles. The van der Waals surface area contributed by atoms with Crippen LogP contribution in [0.15, 0.2) is 22.5 Å². The van der Waals surface area contributed by atoms with Crippen LogP contribution in [0.5, 0.6) is 0 Å². The minimum atomic E-state index is -0.283. The molecule has 0 aliphatic heterocycles. The van der Waals surface area contributed by atoms with Crippen molar-refractivity contribution in [2.24, 2.45) is 0 Å². The number of anilines is 1. The molecule has 0 unspecified atom stereocenters. The lowest BCUT2D eigenvalue weighted by molar-refractivity contribution is 0.102. The maximum absolute atomic E-state index is 12.1. The average Bonchev–Trinajstić information content (AvgIpc) is 2.89. The molecule has 21 heavy (non-hydrogen) atoms. The highest BCUT2D eigenvalue weighted by Gasteiger charge is 2.11. The van der Waals surface area contributed by atoms with Gasteiger partial charge in [0.15, 0.2) is 4.34 Å². The lowest BCUT2D eigenvalue weighted by Gasteiger charge is -2.02. The van der Waals surface area contributed by atoms with Gasteiger partial charge in [-0.1, -0.05) is 59.6 Å². The molecule has 0 fully saturated rings. The van der Waals surface area contributed by atoms with E-state index in [0.29, 0.717) is 20.7 Å². The predicted molar refractivity (Wildman–Crippen MR) is 90.0 cm³/mol. The van der Waals surface area contributed by atoms with Crippen LogP contribution in [0.2, 0.25) is 10.0 Å². The lowest BCUT2D eigenvalue weighted by Crippen LogP contribution is -2.11. The molecule has 0 radical (unpaired) electrons. The zero-order valence-corrected chi connectivity index (χ0v) is 14.4. The molecule has 0 aliphatic rings. The number of carbonyl (C=O) groups is 1. The average molecular weight is 362 g/mol. The lowest BCUT2D eigenvalue weighted by atomic mass is 10.2. The molecule has 1 N–H and O–H groups in total. The Balaban J connectivity index is 1.97. The van der Waals surface area contributed by atoms with Gasteiger partial charge in [-0.3, -0.25) is 10.1 Å². The Labute approximate surface area is 141 Å². The summed E-state index contributed by atoms with van der Waals surface area (Å²) >= 11 is 14.7. The number of aromatic nitrogens is 2. The standard InChI is InChI=1S/C13H13Cl2N3OS2/c1-2-3-6-20-13-18-17-12(21-13)16-11(19)8-4-5-9(14)10(15)7-8/h4-5,7H,2-3,6H2,1H3,(H,16,17,19). The number of carbonyl (C=O) groups excluding carboxylic acids is 1. The van der Waals surface area contributed by atoms with Crippen LogP contribution in [0.25, 0.3) is 0 Å². The van der Waals surface area contributed by atoms with Crippen molar-refractivity contribution in [2.75, 3.05) is 11.1 Å². The van der Waals surface area contributed by atoms with E-state index in [0.717, 1.165) is 22.9 Å². The molecule has 1 amide bonds. The number of benzene rings is 1. The number of thioether (sulfide) groups is 1. The SMILES string of the molecule is CCCCSc1nnc(NC(=O)c2ccc(Cl)c(Cl)c2)s1. The molecule has 0 atom stereocenters. The Hall–Kier alpha value is -0.820. The molecule has 0 bridgehead atoms. The zero-order valence-electron chi connectivity index (χ0n) is 11.2. The summed E-state index contributed by atoms with van der Waals surface area (Å²) in [5.41, 5.74) is 0.430. The van der Waals surface area contributed by atoms with Crippen molar-refractivity contribution in [3.8, 4) is 0 Å². The van der Waals surface area contributed by atoms with Crippen LogP contribution in [0, 0.1) is 0 Å². The third-order valence-corrected chi connectivity index (χ3v) is 5.33. The topological polar surface area (TPSA) is 54.9 Å². The highest BCUT2D eigenvalue weighted by molar-refractivity contribution is 8.01.